The van der Waals surface area contributed by atoms with E-state index in [4.69, 9.17) is 4.42 Å². The highest BCUT2D eigenvalue weighted by Gasteiger charge is 2.25. The second-order valence-electron chi connectivity index (χ2n) is 5.32. The van der Waals surface area contributed by atoms with Crippen LogP contribution in [0.2, 0.25) is 0 Å². The van der Waals surface area contributed by atoms with Crippen molar-refractivity contribution < 1.29 is 14.0 Å². The van der Waals surface area contributed by atoms with Crippen molar-refractivity contribution in [3.8, 4) is 0 Å². The molecule has 1 saturated heterocycles. The van der Waals surface area contributed by atoms with Crippen LogP contribution in [0.25, 0.3) is 0 Å². The molecule has 1 aliphatic rings. The normalized spacial score (nSPS) is 15.1. The monoisotopic (exact) mass is 318 g/mol. The predicted octanol–water partition coefficient (Wildman–Crippen LogP) is 2.26. The lowest BCUT2D eigenvalue weighted by Gasteiger charge is -2.34. The van der Waals surface area contributed by atoms with Crippen molar-refractivity contribution in [3.05, 3.63) is 46.5 Å². The highest BCUT2D eigenvalue weighted by molar-refractivity contribution is 7.07. The quantitative estimate of drug-likeness (QED) is 0.869. The maximum absolute atomic E-state index is 12.2. The summed E-state index contributed by atoms with van der Waals surface area (Å²) in [6.45, 7) is 2.36. The van der Waals surface area contributed by atoms with E-state index >= 15 is 0 Å². The Labute approximate surface area is 133 Å². The van der Waals surface area contributed by atoms with Gasteiger partial charge in [-0.3, -0.25) is 9.59 Å². The van der Waals surface area contributed by atoms with Gasteiger partial charge in [-0.25, -0.2) is 0 Å². The molecule has 2 amide bonds. The molecule has 0 atom stereocenters. The van der Waals surface area contributed by atoms with Gasteiger partial charge in [-0.15, -0.1) is 0 Å². The fourth-order valence-electron chi connectivity index (χ4n) is 2.57. The van der Waals surface area contributed by atoms with E-state index < -0.39 is 0 Å². The van der Waals surface area contributed by atoms with Gasteiger partial charge >= 0.3 is 0 Å². The molecule has 2 aromatic heterocycles. The lowest BCUT2D eigenvalue weighted by molar-refractivity contribution is -0.132. The minimum absolute atomic E-state index is 0.0286. The highest BCUT2D eigenvalue weighted by Crippen LogP contribution is 2.12. The number of piperazine rings is 1. The third-order valence-corrected chi connectivity index (χ3v) is 4.63. The first-order valence-corrected chi connectivity index (χ1v) is 8.28. The molecule has 116 valence electrons. The summed E-state index contributed by atoms with van der Waals surface area (Å²) in [5.41, 5.74) is 1.78. The molecule has 6 heteroatoms. The zero-order valence-electron chi connectivity index (χ0n) is 12.2. The second kappa shape index (κ2) is 6.79. The SMILES string of the molecule is O=C(CCc1ccsc1)N1CCN(C(=O)c2ccoc2)CC1. The van der Waals surface area contributed by atoms with Crippen LogP contribution in [0.15, 0.2) is 39.8 Å². The zero-order chi connectivity index (χ0) is 15.4. The zero-order valence-corrected chi connectivity index (χ0v) is 13.1. The van der Waals surface area contributed by atoms with Crippen LogP contribution in [0.1, 0.15) is 22.3 Å². The Morgan fingerprint density at radius 1 is 1.14 bits per heavy atom. The molecule has 3 rings (SSSR count). The molecule has 0 saturated carbocycles. The number of rotatable bonds is 4. The average molecular weight is 318 g/mol. The smallest absolute Gasteiger partial charge is 0.257 e. The van der Waals surface area contributed by atoms with Crippen molar-refractivity contribution in [2.24, 2.45) is 0 Å². The number of aryl methyl sites for hydroxylation is 1. The Morgan fingerprint density at radius 3 is 2.55 bits per heavy atom. The molecule has 3 heterocycles. The van der Waals surface area contributed by atoms with E-state index in [0.29, 0.717) is 38.2 Å². The molecule has 2 aromatic rings. The standard InChI is InChI=1S/C16H18N2O3S/c19-15(2-1-13-4-10-22-12-13)17-5-7-18(8-6-17)16(20)14-3-9-21-11-14/h3-4,9-12H,1-2,5-8H2. The van der Waals surface area contributed by atoms with Crippen molar-refractivity contribution >= 4 is 23.2 Å². The summed E-state index contributed by atoms with van der Waals surface area (Å²) in [7, 11) is 0. The first kappa shape index (κ1) is 14.8. The Morgan fingerprint density at radius 2 is 1.91 bits per heavy atom. The molecular weight excluding hydrogens is 300 g/mol. The molecule has 0 spiro atoms. The number of hydrogen-bond acceptors (Lipinski definition) is 4. The molecule has 1 fully saturated rings. The molecule has 0 aromatic carbocycles. The van der Waals surface area contributed by atoms with Crippen LogP contribution in [-0.2, 0) is 11.2 Å². The van der Waals surface area contributed by atoms with Gasteiger partial charge in [-0.05, 0) is 34.9 Å². The van der Waals surface area contributed by atoms with Gasteiger partial charge in [0.25, 0.3) is 5.91 Å². The average Bonchev–Trinajstić information content (AvgIpc) is 3.25. The van der Waals surface area contributed by atoms with Crippen LogP contribution in [0.3, 0.4) is 0 Å². The third-order valence-electron chi connectivity index (χ3n) is 3.90. The number of carbonyl (C=O) groups is 2. The second-order valence-corrected chi connectivity index (χ2v) is 6.10. The summed E-state index contributed by atoms with van der Waals surface area (Å²) in [5.74, 6) is 0.140. The van der Waals surface area contributed by atoms with Crippen LogP contribution in [0.5, 0.6) is 0 Å². The van der Waals surface area contributed by atoms with Crippen LogP contribution in [0.4, 0.5) is 0 Å². The van der Waals surface area contributed by atoms with E-state index in [0.717, 1.165) is 6.42 Å². The van der Waals surface area contributed by atoms with Crippen molar-refractivity contribution in [1.29, 1.82) is 0 Å². The summed E-state index contributed by atoms with van der Waals surface area (Å²) in [6.07, 6.45) is 4.28. The Kier molecular flexibility index (Phi) is 4.58. The van der Waals surface area contributed by atoms with Gasteiger partial charge in [0.15, 0.2) is 0 Å². The van der Waals surface area contributed by atoms with Crippen molar-refractivity contribution in [2.75, 3.05) is 26.2 Å². The van der Waals surface area contributed by atoms with Gasteiger partial charge in [0.2, 0.25) is 5.91 Å². The van der Waals surface area contributed by atoms with E-state index in [1.165, 1.54) is 18.1 Å². The molecule has 0 bridgehead atoms. The fourth-order valence-corrected chi connectivity index (χ4v) is 3.28. The number of thiophene rings is 1. The van der Waals surface area contributed by atoms with Crippen LogP contribution in [0, 0.1) is 0 Å². The summed E-state index contributed by atoms with van der Waals surface area (Å²) in [5, 5.41) is 4.11. The van der Waals surface area contributed by atoms with E-state index in [9.17, 15) is 9.59 Å². The minimum Gasteiger partial charge on any atom is -0.472 e. The molecule has 0 radical (unpaired) electrons. The molecule has 0 unspecified atom stereocenters. The number of hydrogen-bond donors (Lipinski definition) is 0. The van der Waals surface area contributed by atoms with E-state index in [-0.39, 0.29) is 11.8 Å². The first-order valence-electron chi connectivity index (χ1n) is 7.34. The van der Waals surface area contributed by atoms with Gasteiger partial charge in [0, 0.05) is 32.6 Å². The summed E-state index contributed by atoms with van der Waals surface area (Å²) in [6, 6.07) is 3.72. The van der Waals surface area contributed by atoms with Crippen molar-refractivity contribution in [2.45, 2.75) is 12.8 Å². The lowest BCUT2D eigenvalue weighted by atomic mass is 10.1. The minimum atomic E-state index is -0.0286. The van der Waals surface area contributed by atoms with E-state index in [2.05, 4.69) is 11.4 Å². The van der Waals surface area contributed by atoms with Gasteiger partial charge in [0.1, 0.15) is 6.26 Å². The topological polar surface area (TPSA) is 53.8 Å². The van der Waals surface area contributed by atoms with Gasteiger partial charge in [0.05, 0.1) is 11.8 Å². The molecule has 0 aliphatic carbocycles. The molecule has 1 aliphatic heterocycles. The van der Waals surface area contributed by atoms with Crippen LogP contribution in [-0.4, -0.2) is 47.8 Å². The van der Waals surface area contributed by atoms with Gasteiger partial charge in [-0.2, -0.15) is 11.3 Å². The molecule has 5 nitrogen and oxygen atoms in total. The third kappa shape index (κ3) is 3.39. The van der Waals surface area contributed by atoms with Gasteiger partial charge in [-0.1, -0.05) is 0 Å². The summed E-state index contributed by atoms with van der Waals surface area (Å²) >= 11 is 1.65. The maximum atomic E-state index is 12.2. The molecule has 22 heavy (non-hydrogen) atoms. The lowest BCUT2D eigenvalue weighted by Crippen LogP contribution is -2.50. The summed E-state index contributed by atoms with van der Waals surface area (Å²) < 4.78 is 4.94. The highest BCUT2D eigenvalue weighted by atomic mass is 32.1. The number of furan rings is 1. The van der Waals surface area contributed by atoms with E-state index in [1.54, 1.807) is 22.3 Å². The Balaban J connectivity index is 1.47. The van der Waals surface area contributed by atoms with Crippen molar-refractivity contribution in [3.63, 3.8) is 0 Å². The Hall–Kier alpha value is -2.08. The largest absolute Gasteiger partial charge is 0.472 e. The number of amides is 2. The molecule has 0 N–H and O–H groups in total. The van der Waals surface area contributed by atoms with Gasteiger partial charge < -0.3 is 14.2 Å². The first-order chi connectivity index (χ1) is 10.7. The number of nitrogens with zero attached hydrogens (tertiary/aromatic N) is 2. The van der Waals surface area contributed by atoms with E-state index in [1.807, 2.05) is 10.3 Å². The maximum Gasteiger partial charge on any atom is 0.257 e. The van der Waals surface area contributed by atoms with Crippen LogP contribution < -0.4 is 0 Å². The van der Waals surface area contributed by atoms with Crippen LogP contribution >= 0.6 is 11.3 Å². The predicted molar refractivity (Wildman–Crippen MR) is 83.8 cm³/mol. The summed E-state index contributed by atoms with van der Waals surface area (Å²) in [4.78, 5) is 28.0. The van der Waals surface area contributed by atoms with Crippen molar-refractivity contribution in [1.82, 2.24) is 9.80 Å². The fraction of sp³-hybridized carbons (Fsp3) is 0.375. The Bertz CT molecular complexity index is 614. The molecular formula is C16H18N2O3S. The number of carbonyl (C=O) groups excluding carboxylic acids is 2.